The molecule has 42 heavy (non-hydrogen) atoms. The zero-order valence-electron chi connectivity index (χ0n) is 25.3. The molecule has 0 radical (unpaired) electrons. The molecule has 1 aromatic carbocycles. The molecule has 0 bridgehead atoms. The van der Waals surface area contributed by atoms with Crippen LogP contribution in [0, 0.1) is 6.92 Å². The Morgan fingerprint density at radius 2 is 1.83 bits per heavy atom. The van der Waals surface area contributed by atoms with Crippen molar-refractivity contribution >= 4 is 23.4 Å². The monoisotopic (exact) mass is 580 g/mol. The minimum Gasteiger partial charge on any atom is -0.372 e. The molecular weight excluding hydrogens is 541 g/mol. The van der Waals surface area contributed by atoms with E-state index in [0.717, 1.165) is 34.2 Å². The lowest BCUT2D eigenvalue weighted by molar-refractivity contribution is -0.137. The highest BCUT2D eigenvalue weighted by atomic mass is 19.4. The van der Waals surface area contributed by atoms with E-state index in [1.54, 1.807) is 13.2 Å². The number of alkyl halides is 3. The number of nitrogens with zero attached hydrogens (tertiary/aromatic N) is 5. The highest BCUT2D eigenvalue weighted by molar-refractivity contribution is 5.94. The Bertz CT molecular complexity index is 1450. The highest BCUT2D eigenvalue weighted by Crippen LogP contribution is 2.37. The Morgan fingerprint density at radius 1 is 1.10 bits per heavy atom. The second-order valence-corrected chi connectivity index (χ2v) is 10.1. The van der Waals surface area contributed by atoms with Crippen molar-refractivity contribution < 1.29 is 18.0 Å². The highest BCUT2D eigenvalue weighted by Gasteiger charge is 2.35. The maximum atomic E-state index is 13.9. The Morgan fingerprint density at radius 3 is 2.40 bits per heavy atom. The van der Waals surface area contributed by atoms with Crippen molar-refractivity contribution in [1.29, 1.82) is 0 Å². The topological polar surface area (TPSA) is 74.2 Å². The van der Waals surface area contributed by atoms with Crippen LogP contribution in [0.1, 0.15) is 59.9 Å². The van der Waals surface area contributed by atoms with Gasteiger partial charge in [-0.1, -0.05) is 37.6 Å². The molecule has 0 unspecified atom stereocenters. The van der Waals surface area contributed by atoms with Crippen molar-refractivity contribution in [3.63, 3.8) is 0 Å². The van der Waals surface area contributed by atoms with Crippen LogP contribution >= 0.6 is 0 Å². The second-order valence-electron chi connectivity index (χ2n) is 10.1. The van der Waals surface area contributed by atoms with Crippen LogP contribution in [-0.4, -0.2) is 71.7 Å². The van der Waals surface area contributed by atoms with Crippen LogP contribution in [-0.2, 0) is 6.18 Å². The van der Waals surface area contributed by atoms with Crippen molar-refractivity contribution in [2.24, 2.45) is 0 Å². The molecule has 0 saturated heterocycles. The van der Waals surface area contributed by atoms with Gasteiger partial charge in [0.15, 0.2) is 0 Å². The predicted molar refractivity (Wildman–Crippen MR) is 163 cm³/mol. The number of carbonyl (C=O) groups is 1. The van der Waals surface area contributed by atoms with E-state index in [9.17, 15) is 18.0 Å². The van der Waals surface area contributed by atoms with E-state index in [1.165, 1.54) is 31.1 Å². The first-order valence-corrected chi connectivity index (χ1v) is 14.0. The van der Waals surface area contributed by atoms with Crippen LogP contribution < -0.4 is 5.32 Å². The molecule has 0 fully saturated rings. The standard InChI is InChI=1S/C30H33F3N6O.C2H6/c1-19(16-25-20(2)35-13-10-24(25)27-8-9-28(34-3)37-36-27)18-39-14-11-21(12-15-39)23-7-6-22(29(40)38(4)5)17-26(23)30(31,32)33;1-2/h6-11,13,16-17H,12,14-15,18H2,1-5H3,(H,34,37);1-2H3/b19-16+;. The zero-order valence-corrected chi connectivity index (χ0v) is 25.3. The Labute approximate surface area is 246 Å². The number of halogens is 3. The van der Waals surface area contributed by atoms with Gasteiger partial charge < -0.3 is 10.2 Å². The summed E-state index contributed by atoms with van der Waals surface area (Å²) in [4.78, 5) is 20.2. The zero-order chi connectivity index (χ0) is 31.0. The van der Waals surface area contributed by atoms with Crippen molar-refractivity contribution in [2.45, 2.75) is 40.3 Å². The first-order chi connectivity index (χ1) is 20.0. The molecule has 224 valence electrons. The fraction of sp³-hybridized carbons (Fsp3) is 0.375. The number of carbonyl (C=O) groups excluding carboxylic acids is 1. The van der Waals surface area contributed by atoms with Crippen molar-refractivity contribution in [1.82, 2.24) is 25.0 Å². The Hall–Kier alpha value is -4.05. The third-order valence-corrected chi connectivity index (χ3v) is 6.87. The molecular formula is C32H39F3N6O. The van der Waals surface area contributed by atoms with Gasteiger partial charge in [-0.25, -0.2) is 0 Å². The Kier molecular flexibility index (Phi) is 11.0. The van der Waals surface area contributed by atoms with E-state index in [-0.39, 0.29) is 11.1 Å². The number of pyridine rings is 1. The predicted octanol–water partition coefficient (Wildman–Crippen LogP) is 6.83. The summed E-state index contributed by atoms with van der Waals surface area (Å²) in [5.41, 5.74) is 4.62. The normalized spacial score (nSPS) is 14.0. The van der Waals surface area contributed by atoms with Gasteiger partial charge in [-0.15, -0.1) is 10.2 Å². The molecule has 4 rings (SSSR count). The minimum atomic E-state index is -4.56. The lowest BCUT2D eigenvalue weighted by Gasteiger charge is -2.28. The van der Waals surface area contributed by atoms with Gasteiger partial charge in [-0.2, -0.15) is 13.2 Å². The number of rotatable bonds is 7. The van der Waals surface area contributed by atoms with Crippen LogP contribution in [0.4, 0.5) is 19.0 Å². The summed E-state index contributed by atoms with van der Waals surface area (Å²) in [6.45, 7) is 9.77. The van der Waals surface area contributed by atoms with Crippen LogP contribution in [0.5, 0.6) is 0 Å². The molecule has 10 heteroatoms. The smallest absolute Gasteiger partial charge is 0.372 e. The summed E-state index contributed by atoms with van der Waals surface area (Å²) in [5, 5.41) is 11.5. The first kappa shape index (κ1) is 32.5. The van der Waals surface area contributed by atoms with Gasteiger partial charge in [0, 0.05) is 69.4 Å². The SMILES string of the molecule is CC.CNc1ccc(-c2ccnc(C)c2/C=C(\C)CN2CC=C(c3ccc(C(=O)N(C)C)cc3C(F)(F)F)CC2)nn1. The first-order valence-electron chi connectivity index (χ1n) is 14.0. The molecule has 0 spiro atoms. The summed E-state index contributed by atoms with van der Waals surface area (Å²) in [6.07, 6.45) is 1.61. The summed E-state index contributed by atoms with van der Waals surface area (Å²) in [5.74, 6) is 0.220. The number of benzene rings is 1. The molecule has 0 saturated carbocycles. The average Bonchev–Trinajstić information content (AvgIpc) is 2.98. The fourth-order valence-electron chi connectivity index (χ4n) is 4.79. The van der Waals surface area contributed by atoms with Gasteiger partial charge in [-0.05, 0) is 61.7 Å². The van der Waals surface area contributed by atoms with E-state index in [4.69, 9.17) is 0 Å². The second kappa shape index (κ2) is 14.2. The van der Waals surface area contributed by atoms with Crippen LogP contribution in [0.25, 0.3) is 22.9 Å². The molecule has 0 aliphatic carbocycles. The number of anilines is 1. The van der Waals surface area contributed by atoms with Crippen molar-refractivity contribution in [2.75, 3.05) is 46.1 Å². The number of aromatic nitrogens is 3. The molecule has 1 aliphatic rings. The van der Waals surface area contributed by atoms with Crippen molar-refractivity contribution in [3.05, 3.63) is 82.2 Å². The molecule has 3 aromatic rings. The van der Waals surface area contributed by atoms with Gasteiger partial charge in [0.25, 0.3) is 5.91 Å². The molecule has 2 aromatic heterocycles. The van der Waals surface area contributed by atoms with E-state index in [1.807, 2.05) is 52.0 Å². The molecule has 7 nitrogen and oxygen atoms in total. The molecule has 0 atom stereocenters. The summed E-state index contributed by atoms with van der Waals surface area (Å²) >= 11 is 0. The van der Waals surface area contributed by atoms with E-state index < -0.39 is 17.6 Å². The van der Waals surface area contributed by atoms with Gasteiger partial charge in [0.2, 0.25) is 0 Å². The van der Waals surface area contributed by atoms with Gasteiger partial charge in [0.1, 0.15) is 5.82 Å². The van der Waals surface area contributed by atoms with Gasteiger partial charge >= 0.3 is 6.18 Å². The average molecular weight is 581 g/mol. The van der Waals surface area contributed by atoms with E-state index in [2.05, 4.69) is 31.5 Å². The molecule has 1 N–H and O–H groups in total. The maximum absolute atomic E-state index is 13.9. The lowest BCUT2D eigenvalue weighted by Crippen LogP contribution is -2.30. The van der Waals surface area contributed by atoms with Crippen LogP contribution in [0.15, 0.2) is 54.2 Å². The summed E-state index contributed by atoms with van der Waals surface area (Å²) in [7, 11) is 4.82. The van der Waals surface area contributed by atoms with Crippen LogP contribution in [0.3, 0.4) is 0 Å². The van der Waals surface area contributed by atoms with E-state index >= 15 is 0 Å². The number of hydrogen-bond donors (Lipinski definition) is 1. The third kappa shape index (κ3) is 7.82. The summed E-state index contributed by atoms with van der Waals surface area (Å²) < 4.78 is 41.8. The number of amides is 1. The van der Waals surface area contributed by atoms with Crippen molar-refractivity contribution in [3.8, 4) is 11.3 Å². The fourth-order valence-corrected chi connectivity index (χ4v) is 4.79. The van der Waals surface area contributed by atoms with Gasteiger partial charge in [-0.3, -0.25) is 14.7 Å². The minimum absolute atomic E-state index is 0.0221. The maximum Gasteiger partial charge on any atom is 0.417 e. The number of aryl methyl sites for hydroxylation is 1. The molecule has 1 aliphatic heterocycles. The number of hydrogen-bond acceptors (Lipinski definition) is 6. The quantitative estimate of drug-likeness (QED) is 0.330. The lowest BCUT2D eigenvalue weighted by atomic mass is 9.92. The van der Waals surface area contributed by atoms with Gasteiger partial charge in [0.05, 0.1) is 11.3 Å². The molecule has 3 heterocycles. The summed E-state index contributed by atoms with van der Waals surface area (Å²) in [6, 6.07) is 9.55. The molecule has 1 amide bonds. The number of nitrogens with one attached hydrogen (secondary N) is 1. The largest absolute Gasteiger partial charge is 0.417 e. The third-order valence-electron chi connectivity index (χ3n) is 6.87. The van der Waals surface area contributed by atoms with Crippen LogP contribution in [0.2, 0.25) is 0 Å². The van der Waals surface area contributed by atoms with E-state index in [0.29, 0.717) is 37.4 Å². The Balaban J connectivity index is 0.00000237.